The normalized spacial score (nSPS) is 19.9. The van der Waals surface area contributed by atoms with Gasteiger partial charge in [0.05, 0.1) is 16.1 Å². The lowest BCUT2D eigenvalue weighted by atomic mass is 10.1. The summed E-state index contributed by atoms with van der Waals surface area (Å²) < 4.78 is 111. The van der Waals surface area contributed by atoms with Gasteiger partial charge in [-0.05, 0) is 44.0 Å². The molecule has 0 amide bonds. The van der Waals surface area contributed by atoms with Crippen molar-refractivity contribution in [1.82, 2.24) is 0 Å². The van der Waals surface area contributed by atoms with Crippen LogP contribution >= 0.6 is 0 Å². The van der Waals surface area contributed by atoms with Crippen LogP contribution in [0.5, 0.6) is 5.75 Å². The molecule has 2 aromatic carbocycles. The predicted molar refractivity (Wildman–Crippen MR) is 127 cm³/mol. The molecular formula is C25H26F7NO4S. The Kier molecular flexibility index (Phi) is 8.40. The first-order valence-electron chi connectivity index (χ1n) is 11.6. The second-order valence-corrected chi connectivity index (χ2v) is 10.8. The summed E-state index contributed by atoms with van der Waals surface area (Å²) in [5.74, 6) is -4.48. The topological polar surface area (TPSA) is 66.8 Å². The first kappa shape index (κ1) is 29.7. The Hall–Kier alpha value is -2.83. The van der Waals surface area contributed by atoms with Gasteiger partial charge in [0.15, 0.2) is 0 Å². The number of anilines is 2. The largest absolute Gasteiger partial charge is 0.492 e. The van der Waals surface area contributed by atoms with E-state index in [-0.39, 0.29) is 31.5 Å². The SMILES string of the molecule is CCC(C)(F)F.O=C(O)C1(COc2cc3c(cc2C(F)(F)F)N(c2ccccc2)CCC(F)(F)S3=O)CC1. The Bertz CT molecular complexity index is 1180. The van der Waals surface area contributed by atoms with E-state index >= 15 is 0 Å². The number of fused-ring (bicyclic) bond motifs is 1. The van der Waals surface area contributed by atoms with Crippen LogP contribution in [-0.4, -0.2) is 39.6 Å². The highest BCUT2D eigenvalue weighted by Gasteiger charge is 2.52. The smallest absolute Gasteiger partial charge is 0.420 e. The molecule has 5 nitrogen and oxygen atoms in total. The van der Waals surface area contributed by atoms with E-state index in [9.17, 15) is 44.8 Å². The van der Waals surface area contributed by atoms with Crippen LogP contribution in [0.2, 0.25) is 0 Å². The minimum atomic E-state index is -4.91. The van der Waals surface area contributed by atoms with Crippen LogP contribution < -0.4 is 9.64 Å². The summed E-state index contributed by atoms with van der Waals surface area (Å²) in [6, 6.07) is 9.35. The Morgan fingerprint density at radius 2 is 1.66 bits per heavy atom. The van der Waals surface area contributed by atoms with Crippen LogP contribution in [0.3, 0.4) is 0 Å². The highest BCUT2D eigenvalue weighted by atomic mass is 32.2. The van der Waals surface area contributed by atoms with Crippen molar-refractivity contribution in [3.63, 3.8) is 0 Å². The Labute approximate surface area is 217 Å². The predicted octanol–water partition coefficient (Wildman–Crippen LogP) is 7.24. The van der Waals surface area contributed by atoms with Crippen molar-refractivity contribution in [3.8, 4) is 5.75 Å². The number of benzene rings is 2. The average Bonchev–Trinajstić information content (AvgIpc) is 3.64. The molecule has 38 heavy (non-hydrogen) atoms. The Morgan fingerprint density at radius 3 is 2.13 bits per heavy atom. The van der Waals surface area contributed by atoms with Gasteiger partial charge >= 0.3 is 17.4 Å². The molecule has 1 aliphatic carbocycles. The number of rotatable bonds is 6. The lowest BCUT2D eigenvalue weighted by Gasteiger charge is -2.26. The molecule has 0 radical (unpaired) electrons. The fraction of sp³-hybridized carbons (Fsp3) is 0.480. The second-order valence-electron chi connectivity index (χ2n) is 9.26. The number of carboxylic acid groups (broad SMARTS) is 1. The number of hydrogen-bond acceptors (Lipinski definition) is 4. The highest BCUT2D eigenvalue weighted by molar-refractivity contribution is 7.86. The van der Waals surface area contributed by atoms with E-state index in [4.69, 9.17) is 4.74 Å². The standard InChI is InChI=1S/C21H18F5NO4S.C4H8F2/c22-20(23)8-9-27(13-4-2-1-3-5-13)15-10-14(21(24,25)26)16(11-17(15)32(20)30)31-12-19(6-7-19)18(28)29;1-3-4(2,5)6/h1-5,10-11H,6-9,12H2,(H,28,29);3H2,1-2H3. The van der Waals surface area contributed by atoms with Crippen LogP contribution in [0.15, 0.2) is 47.4 Å². The quantitative estimate of drug-likeness (QED) is 0.372. The Morgan fingerprint density at radius 1 is 1.08 bits per heavy atom. The molecule has 0 saturated heterocycles. The molecule has 1 fully saturated rings. The van der Waals surface area contributed by atoms with Crippen LogP contribution in [0, 0.1) is 5.41 Å². The van der Waals surface area contributed by atoms with E-state index in [1.54, 1.807) is 30.3 Å². The van der Waals surface area contributed by atoms with Crippen LogP contribution in [0.25, 0.3) is 0 Å². The van der Waals surface area contributed by atoms with Gasteiger partial charge in [0.1, 0.15) is 28.6 Å². The van der Waals surface area contributed by atoms with Crippen LogP contribution in [0.4, 0.5) is 42.1 Å². The van der Waals surface area contributed by atoms with Crippen molar-refractivity contribution < 1.29 is 49.6 Å². The highest BCUT2D eigenvalue weighted by Crippen LogP contribution is 2.49. The zero-order chi connectivity index (χ0) is 28.5. The van der Waals surface area contributed by atoms with Gasteiger partial charge in [-0.1, -0.05) is 25.1 Å². The third kappa shape index (κ3) is 6.78. The molecule has 1 heterocycles. The molecule has 1 N–H and O–H groups in total. The lowest BCUT2D eigenvalue weighted by molar-refractivity contribution is -0.144. The van der Waals surface area contributed by atoms with E-state index in [1.165, 1.54) is 11.8 Å². The second kappa shape index (κ2) is 10.7. The summed E-state index contributed by atoms with van der Waals surface area (Å²) in [7, 11) is -2.94. The molecule has 1 unspecified atom stereocenters. The summed E-state index contributed by atoms with van der Waals surface area (Å²) in [6.45, 7) is 1.47. The molecule has 210 valence electrons. The van der Waals surface area contributed by atoms with Crippen LogP contribution in [-0.2, 0) is 21.8 Å². The number of carboxylic acids is 1. The van der Waals surface area contributed by atoms with Gasteiger partial charge in [0.25, 0.3) is 0 Å². The first-order valence-corrected chi connectivity index (χ1v) is 12.8. The van der Waals surface area contributed by atoms with E-state index in [2.05, 4.69) is 0 Å². The van der Waals surface area contributed by atoms with Gasteiger partial charge in [-0.15, -0.1) is 0 Å². The van der Waals surface area contributed by atoms with Crippen molar-refractivity contribution in [3.05, 3.63) is 48.0 Å². The maximum absolute atomic E-state index is 14.5. The number of carbonyl (C=O) groups is 1. The average molecular weight is 570 g/mol. The summed E-state index contributed by atoms with van der Waals surface area (Å²) in [5.41, 5.74) is -2.44. The third-order valence-electron chi connectivity index (χ3n) is 6.25. The number of aliphatic carboxylic acids is 1. The molecule has 1 aliphatic heterocycles. The molecule has 2 aromatic rings. The first-order chi connectivity index (χ1) is 17.5. The molecule has 1 saturated carbocycles. The van der Waals surface area contributed by atoms with Gasteiger partial charge in [-0.3, -0.25) is 4.79 Å². The monoisotopic (exact) mass is 569 g/mol. The molecule has 2 aliphatic rings. The number of para-hydroxylation sites is 1. The molecular weight excluding hydrogens is 543 g/mol. The third-order valence-corrected chi connectivity index (χ3v) is 7.73. The number of hydrogen-bond donors (Lipinski definition) is 1. The Balaban J connectivity index is 0.000000599. The van der Waals surface area contributed by atoms with Crippen molar-refractivity contribution in [1.29, 1.82) is 0 Å². The van der Waals surface area contributed by atoms with E-state index in [0.29, 0.717) is 17.8 Å². The number of alkyl halides is 7. The van der Waals surface area contributed by atoms with Gasteiger partial charge in [0.2, 0.25) is 5.92 Å². The number of ether oxygens (including phenoxy) is 1. The summed E-state index contributed by atoms with van der Waals surface area (Å²) >= 11 is 0. The molecule has 1 atom stereocenters. The molecule has 13 heteroatoms. The van der Waals surface area contributed by atoms with E-state index < -0.39 is 68.8 Å². The van der Waals surface area contributed by atoms with Crippen LogP contribution in [0.1, 0.15) is 45.1 Å². The maximum Gasteiger partial charge on any atom is 0.420 e. The van der Waals surface area contributed by atoms with Crippen molar-refractivity contribution in [2.45, 2.75) is 61.8 Å². The fourth-order valence-electron chi connectivity index (χ4n) is 3.53. The minimum absolute atomic E-state index is 0.0625. The van der Waals surface area contributed by atoms with Crippen molar-refractivity contribution >= 4 is 28.1 Å². The lowest BCUT2D eigenvalue weighted by Crippen LogP contribution is -2.25. The molecule has 0 aromatic heterocycles. The molecule has 4 rings (SSSR count). The maximum atomic E-state index is 14.5. The molecule has 0 spiro atoms. The van der Waals surface area contributed by atoms with Crippen molar-refractivity contribution in [2.24, 2.45) is 5.41 Å². The fourth-order valence-corrected chi connectivity index (χ4v) is 4.70. The minimum Gasteiger partial charge on any atom is -0.492 e. The van der Waals surface area contributed by atoms with Gasteiger partial charge in [-0.25, -0.2) is 13.0 Å². The van der Waals surface area contributed by atoms with E-state index in [1.807, 2.05) is 0 Å². The van der Waals surface area contributed by atoms with Crippen molar-refractivity contribution in [2.75, 3.05) is 18.1 Å². The zero-order valence-corrected chi connectivity index (χ0v) is 21.3. The van der Waals surface area contributed by atoms with Gasteiger partial charge in [0, 0.05) is 25.1 Å². The number of halogens is 7. The summed E-state index contributed by atoms with van der Waals surface area (Å²) in [4.78, 5) is 12.1. The molecule has 0 bridgehead atoms. The van der Waals surface area contributed by atoms with Gasteiger partial charge < -0.3 is 14.7 Å². The summed E-state index contributed by atoms with van der Waals surface area (Å²) in [6.07, 6.45) is -5.33. The van der Waals surface area contributed by atoms with E-state index in [0.717, 1.165) is 6.92 Å². The van der Waals surface area contributed by atoms with Gasteiger partial charge in [-0.2, -0.15) is 22.0 Å². The summed E-state index contributed by atoms with van der Waals surface area (Å²) in [5, 5.41) is 5.58. The number of nitrogens with zero attached hydrogens (tertiary/aromatic N) is 1. The zero-order valence-electron chi connectivity index (χ0n) is 20.5.